The Bertz CT molecular complexity index is 721. The summed E-state index contributed by atoms with van der Waals surface area (Å²) in [5.41, 5.74) is 1.26. The number of nitrogens with zero attached hydrogens (tertiary/aromatic N) is 2. The van der Waals surface area contributed by atoms with Crippen LogP contribution in [0.5, 0.6) is 0 Å². The molecule has 0 N–H and O–H groups in total. The molecule has 1 saturated heterocycles. The van der Waals surface area contributed by atoms with Gasteiger partial charge in [-0.1, -0.05) is 30.3 Å². The molecule has 3 nitrogen and oxygen atoms in total. The third kappa shape index (κ3) is 4.56. The smallest absolute Gasteiger partial charge is 0.368 e. The van der Waals surface area contributed by atoms with Gasteiger partial charge < -0.3 is 9.80 Å². The minimum absolute atomic E-state index is 0.126. The van der Waals surface area contributed by atoms with E-state index in [1.807, 2.05) is 40.1 Å². The Morgan fingerprint density at radius 2 is 1.50 bits per heavy atom. The topological polar surface area (TPSA) is 23.6 Å². The van der Waals surface area contributed by atoms with E-state index in [4.69, 9.17) is 0 Å². The van der Waals surface area contributed by atoms with Gasteiger partial charge in [-0.2, -0.15) is 13.2 Å². The fraction of sp³-hybridized carbons (Fsp3) is 0.350. The molecule has 1 fully saturated rings. The second-order valence-corrected chi connectivity index (χ2v) is 6.40. The average molecular weight is 362 g/mol. The SMILES string of the molecule is O=C(CCc1ccccc1)N1CCN(c2ccc(C(F)(F)F)cc2)CC1. The zero-order chi connectivity index (χ0) is 18.6. The zero-order valence-electron chi connectivity index (χ0n) is 14.4. The van der Waals surface area contributed by atoms with Crippen molar-refractivity contribution in [2.24, 2.45) is 0 Å². The Labute approximate surface area is 151 Å². The molecule has 0 bridgehead atoms. The zero-order valence-corrected chi connectivity index (χ0v) is 14.4. The highest BCUT2D eigenvalue weighted by Gasteiger charge is 2.30. The lowest BCUT2D eigenvalue weighted by atomic mass is 10.1. The Kier molecular flexibility index (Phi) is 5.49. The van der Waals surface area contributed by atoms with E-state index in [1.54, 1.807) is 0 Å². The number of aryl methyl sites for hydroxylation is 1. The first-order valence-corrected chi connectivity index (χ1v) is 8.67. The second-order valence-electron chi connectivity index (χ2n) is 6.40. The maximum atomic E-state index is 12.6. The number of anilines is 1. The molecule has 1 heterocycles. The molecule has 1 aliphatic rings. The number of rotatable bonds is 4. The van der Waals surface area contributed by atoms with Crippen molar-refractivity contribution in [2.45, 2.75) is 19.0 Å². The van der Waals surface area contributed by atoms with Crippen LogP contribution >= 0.6 is 0 Å². The number of halogens is 3. The summed E-state index contributed by atoms with van der Waals surface area (Å²) in [5, 5.41) is 0. The number of amides is 1. The highest BCUT2D eigenvalue weighted by Crippen LogP contribution is 2.30. The molecule has 0 radical (unpaired) electrons. The Morgan fingerprint density at radius 1 is 0.885 bits per heavy atom. The minimum atomic E-state index is -4.32. The first-order chi connectivity index (χ1) is 12.4. The molecular weight excluding hydrogens is 341 g/mol. The van der Waals surface area contributed by atoms with Crippen LogP contribution in [-0.2, 0) is 17.4 Å². The molecule has 0 atom stereocenters. The van der Waals surface area contributed by atoms with Gasteiger partial charge >= 0.3 is 6.18 Å². The normalized spacial score (nSPS) is 15.2. The maximum Gasteiger partial charge on any atom is 0.416 e. The first-order valence-electron chi connectivity index (χ1n) is 8.67. The van der Waals surface area contributed by atoms with Crippen LogP contribution in [0.25, 0.3) is 0 Å². The minimum Gasteiger partial charge on any atom is -0.368 e. The highest BCUT2D eigenvalue weighted by atomic mass is 19.4. The molecule has 3 rings (SSSR count). The second kappa shape index (κ2) is 7.81. The predicted molar refractivity (Wildman–Crippen MR) is 95.0 cm³/mol. The molecule has 6 heteroatoms. The lowest BCUT2D eigenvalue weighted by Crippen LogP contribution is -2.48. The fourth-order valence-electron chi connectivity index (χ4n) is 3.13. The van der Waals surface area contributed by atoms with E-state index in [-0.39, 0.29) is 5.91 Å². The molecule has 1 aliphatic heterocycles. The Balaban J connectivity index is 1.50. The summed E-state index contributed by atoms with van der Waals surface area (Å²) in [5.74, 6) is 0.126. The summed E-state index contributed by atoms with van der Waals surface area (Å²) < 4.78 is 37.9. The molecule has 26 heavy (non-hydrogen) atoms. The molecule has 2 aromatic rings. The fourth-order valence-corrected chi connectivity index (χ4v) is 3.13. The lowest BCUT2D eigenvalue weighted by Gasteiger charge is -2.36. The van der Waals surface area contributed by atoms with Crippen LogP contribution in [0.4, 0.5) is 18.9 Å². The number of carbonyl (C=O) groups excluding carboxylic acids is 1. The predicted octanol–water partition coefficient (Wildman–Crippen LogP) is 3.99. The largest absolute Gasteiger partial charge is 0.416 e. The van der Waals surface area contributed by atoms with Gasteiger partial charge in [0, 0.05) is 38.3 Å². The maximum absolute atomic E-state index is 12.6. The highest BCUT2D eigenvalue weighted by molar-refractivity contribution is 5.76. The van der Waals surface area contributed by atoms with Gasteiger partial charge in [0.15, 0.2) is 0 Å². The molecule has 0 saturated carbocycles. The van der Waals surface area contributed by atoms with E-state index >= 15 is 0 Å². The third-order valence-electron chi connectivity index (χ3n) is 4.66. The van der Waals surface area contributed by atoms with Crippen molar-refractivity contribution in [3.05, 3.63) is 65.7 Å². The molecule has 1 amide bonds. The number of benzene rings is 2. The number of alkyl halides is 3. The van der Waals surface area contributed by atoms with Crippen molar-refractivity contribution in [1.29, 1.82) is 0 Å². The van der Waals surface area contributed by atoms with E-state index in [9.17, 15) is 18.0 Å². The Morgan fingerprint density at radius 3 is 2.08 bits per heavy atom. The quantitative estimate of drug-likeness (QED) is 0.821. The van der Waals surface area contributed by atoms with E-state index in [0.717, 1.165) is 29.8 Å². The van der Waals surface area contributed by atoms with Gasteiger partial charge in [-0.25, -0.2) is 0 Å². The molecule has 0 aromatic heterocycles. The van der Waals surface area contributed by atoms with E-state index in [0.29, 0.717) is 32.6 Å². The van der Waals surface area contributed by atoms with Crippen molar-refractivity contribution in [2.75, 3.05) is 31.1 Å². The summed E-state index contributed by atoms with van der Waals surface area (Å²) in [6.45, 7) is 2.44. The monoisotopic (exact) mass is 362 g/mol. The molecule has 0 spiro atoms. The number of hydrogen-bond donors (Lipinski definition) is 0. The van der Waals surface area contributed by atoms with E-state index in [1.165, 1.54) is 12.1 Å². The molecule has 2 aromatic carbocycles. The molecular formula is C20H21F3N2O. The lowest BCUT2D eigenvalue weighted by molar-refractivity contribution is -0.137. The summed E-state index contributed by atoms with van der Waals surface area (Å²) in [7, 11) is 0. The molecule has 0 aliphatic carbocycles. The molecule has 0 unspecified atom stereocenters. The van der Waals surface area contributed by atoms with Gasteiger partial charge in [-0.15, -0.1) is 0 Å². The van der Waals surface area contributed by atoms with Gasteiger partial charge in [0.2, 0.25) is 5.91 Å². The van der Waals surface area contributed by atoms with Crippen LogP contribution in [0.15, 0.2) is 54.6 Å². The van der Waals surface area contributed by atoms with Crippen molar-refractivity contribution in [3.8, 4) is 0 Å². The molecule has 138 valence electrons. The number of piperazine rings is 1. The Hall–Kier alpha value is -2.50. The third-order valence-corrected chi connectivity index (χ3v) is 4.66. The summed E-state index contributed by atoms with van der Waals surface area (Å²) in [6.07, 6.45) is -3.12. The first kappa shape index (κ1) is 18.3. The van der Waals surface area contributed by atoms with Crippen LogP contribution in [0.2, 0.25) is 0 Å². The van der Waals surface area contributed by atoms with Crippen LogP contribution < -0.4 is 4.90 Å². The van der Waals surface area contributed by atoms with Crippen LogP contribution in [0.1, 0.15) is 17.5 Å². The average Bonchev–Trinajstić information content (AvgIpc) is 2.66. The standard InChI is InChI=1S/C20H21F3N2O/c21-20(22,23)17-7-9-18(10-8-17)24-12-14-25(15-13-24)19(26)11-6-16-4-2-1-3-5-16/h1-5,7-10H,6,11-15H2. The van der Waals surface area contributed by atoms with Gasteiger partial charge in [-0.05, 0) is 36.2 Å². The van der Waals surface area contributed by atoms with E-state index < -0.39 is 11.7 Å². The van der Waals surface area contributed by atoms with Gasteiger partial charge in [0.1, 0.15) is 0 Å². The summed E-state index contributed by atoms with van der Waals surface area (Å²) in [6, 6.07) is 15.1. The van der Waals surface area contributed by atoms with Gasteiger partial charge in [0.25, 0.3) is 0 Å². The van der Waals surface area contributed by atoms with Crippen molar-refractivity contribution in [3.63, 3.8) is 0 Å². The van der Waals surface area contributed by atoms with Crippen molar-refractivity contribution < 1.29 is 18.0 Å². The van der Waals surface area contributed by atoms with Crippen LogP contribution in [0, 0.1) is 0 Å². The summed E-state index contributed by atoms with van der Waals surface area (Å²) in [4.78, 5) is 16.2. The van der Waals surface area contributed by atoms with Crippen LogP contribution in [0.3, 0.4) is 0 Å². The van der Waals surface area contributed by atoms with Crippen LogP contribution in [-0.4, -0.2) is 37.0 Å². The summed E-state index contributed by atoms with van der Waals surface area (Å²) >= 11 is 0. The van der Waals surface area contributed by atoms with Gasteiger partial charge in [-0.3, -0.25) is 4.79 Å². The van der Waals surface area contributed by atoms with Gasteiger partial charge in [0.05, 0.1) is 5.56 Å². The van der Waals surface area contributed by atoms with Crippen molar-refractivity contribution in [1.82, 2.24) is 4.90 Å². The number of hydrogen-bond acceptors (Lipinski definition) is 2. The number of carbonyl (C=O) groups is 1. The van der Waals surface area contributed by atoms with Crippen molar-refractivity contribution >= 4 is 11.6 Å². The van der Waals surface area contributed by atoms with E-state index in [2.05, 4.69) is 0 Å².